The fraction of sp³-hybridized carbons (Fsp3) is 0.552. The number of fused-ring (bicyclic) bond motifs is 6. The number of benzene rings is 2. The second-order valence-electron chi connectivity index (χ2n) is 24.8. The van der Waals surface area contributed by atoms with E-state index in [1.54, 1.807) is 58.2 Å². The summed E-state index contributed by atoms with van der Waals surface area (Å²) in [6.07, 6.45) is 4.42. The van der Waals surface area contributed by atoms with Crippen molar-refractivity contribution in [2.24, 2.45) is 23.5 Å². The number of Topliss-reactive ketones (excluding diaryl/α,β-unsaturated/α-hetero) is 2. The first-order valence-electron chi connectivity index (χ1n) is 30.6. The van der Waals surface area contributed by atoms with Crippen LogP contribution in [0.3, 0.4) is 0 Å². The Morgan fingerprint density at radius 1 is 1.04 bits per heavy atom. The Labute approximate surface area is 540 Å². The van der Waals surface area contributed by atoms with E-state index in [0.717, 1.165) is 16.7 Å². The lowest BCUT2D eigenvalue weighted by atomic mass is 9.78. The minimum absolute atomic E-state index is 0.0104. The molecule has 0 spiro atoms. The van der Waals surface area contributed by atoms with E-state index < -0.39 is 108 Å². The molecule has 3 aliphatic rings. The molecule has 6 rings (SSSR count). The molecule has 2 fully saturated rings. The number of hydrogen-bond acceptors (Lipinski definition) is 16. The summed E-state index contributed by atoms with van der Waals surface area (Å²) < 4.78 is 29.7. The number of aryl methyl sites for hydroxylation is 1. The van der Waals surface area contributed by atoms with Crippen LogP contribution < -0.4 is 21.3 Å². The number of pyridine rings is 1. The number of urea groups is 1. The molecule has 3 aromatic rings. The number of hydrogen-bond donors (Lipinski definition) is 4. The van der Waals surface area contributed by atoms with Crippen LogP contribution in [0.2, 0.25) is 5.02 Å². The van der Waals surface area contributed by atoms with Gasteiger partial charge in [0.1, 0.15) is 41.3 Å². The van der Waals surface area contributed by atoms with Crippen LogP contribution in [-0.4, -0.2) is 155 Å². The van der Waals surface area contributed by atoms with Crippen LogP contribution in [-0.2, 0) is 70.1 Å². The quantitative estimate of drug-likeness (QED) is 0.0154. The van der Waals surface area contributed by atoms with Crippen molar-refractivity contribution in [2.75, 3.05) is 38.0 Å². The molecule has 0 saturated carbocycles. The second-order valence-corrected chi connectivity index (χ2v) is 25.8. The van der Waals surface area contributed by atoms with E-state index in [1.165, 1.54) is 43.1 Å². The van der Waals surface area contributed by atoms with E-state index in [2.05, 4.69) is 38.1 Å². The summed E-state index contributed by atoms with van der Waals surface area (Å²) in [5, 5.41) is 18.6. The smallest absolute Gasteiger partial charge is 0.334 e. The molecule has 4 bridgehead atoms. The summed E-state index contributed by atoms with van der Waals surface area (Å²) >= 11 is 10.1. The van der Waals surface area contributed by atoms with Crippen LogP contribution in [0.25, 0.3) is 10.9 Å². The largest absolute Gasteiger partial charge is 0.462 e. The summed E-state index contributed by atoms with van der Waals surface area (Å²) in [7, 11) is 4.46. The molecule has 4 heterocycles. The van der Waals surface area contributed by atoms with Crippen molar-refractivity contribution in [1.29, 1.82) is 0 Å². The molecular weight excluding hydrogens is 1240 g/mol. The number of ketones is 2. The summed E-state index contributed by atoms with van der Waals surface area (Å²) in [5.74, 6) is -5.73. The topological polar surface area (TPSA) is 293 Å². The van der Waals surface area contributed by atoms with Gasteiger partial charge in [0.05, 0.1) is 52.9 Å². The Bertz CT molecular complexity index is 3260. The standard InChI is InChI=1S/C67H88BrClN6O15/c1-37(2)49(32-46(76)20-14-13-19-41(6)87-63(82)40(5)36-68)61(80)73-50(22-17-27-72-65(70)84)52(77)31-45-24-25-48(59-47(45)21-16-26-71-59)62(81)74(10)43(8)64(83)89-55-33-56(78)75(11)51-30-44(29-39(4)58(51)69)28-38(3)18-15-23-54(86-12)67(85)34-53(88-57(79)35-67)42(7)60-66(55,9)90-60/h15-16,18,21,23-26,29-30,37,41-43,49-50,53-55,60,85H,5,13-14,17,19-20,22,27-28,31-36H2,1-4,6-12H3,(H,73,80)(H3,70,72,84)/b23-15+,38-18+/t41?,42-,43+,49+,50+,53+,54-,55+,60+,66+,67-/m1/s1. The predicted molar refractivity (Wildman–Crippen MR) is 344 cm³/mol. The molecule has 23 heteroatoms. The van der Waals surface area contributed by atoms with Gasteiger partial charge in [0.2, 0.25) is 11.8 Å². The number of ether oxygens (including phenoxy) is 5. The lowest BCUT2D eigenvalue weighted by molar-refractivity contribution is -0.187. The number of nitrogens with zero attached hydrogens (tertiary/aromatic N) is 3. The van der Waals surface area contributed by atoms with Crippen LogP contribution in [0.15, 0.2) is 78.5 Å². The molecule has 2 aromatic carbocycles. The Hall–Kier alpha value is -6.85. The number of nitrogens with two attached hydrogens (primary N) is 1. The second kappa shape index (κ2) is 31.9. The number of esters is 3. The fourth-order valence-electron chi connectivity index (χ4n) is 11.7. The number of rotatable bonds is 25. The van der Waals surface area contributed by atoms with E-state index >= 15 is 0 Å². The number of nitrogens with one attached hydrogen (secondary N) is 2. The van der Waals surface area contributed by atoms with Crippen LogP contribution in [0.4, 0.5) is 10.5 Å². The Morgan fingerprint density at radius 2 is 1.77 bits per heavy atom. The fourth-order valence-corrected chi connectivity index (χ4v) is 12.2. The van der Waals surface area contributed by atoms with Crippen molar-refractivity contribution < 1.29 is 71.9 Å². The first kappa shape index (κ1) is 72.2. The van der Waals surface area contributed by atoms with Gasteiger partial charge in [-0.05, 0) is 114 Å². The van der Waals surface area contributed by atoms with Gasteiger partial charge in [0.25, 0.3) is 5.91 Å². The van der Waals surface area contributed by atoms with Gasteiger partial charge in [-0.1, -0.05) is 96.9 Å². The number of halogens is 2. The summed E-state index contributed by atoms with van der Waals surface area (Å²) in [5.41, 5.74) is 6.38. The van der Waals surface area contributed by atoms with Gasteiger partial charge in [-0.25, -0.2) is 14.4 Å². The van der Waals surface area contributed by atoms with Gasteiger partial charge < -0.3 is 55.0 Å². The maximum atomic E-state index is 14.7. The molecule has 1 aromatic heterocycles. The minimum atomic E-state index is -1.65. The van der Waals surface area contributed by atoms with Gasteiger partial charge in [0.15, 0.2) is 5.78 Å². The van der Waals surface area contributed by atoms with Crippen LogP contribution in [0.1, 0.15) is 140 Å². The number of methoxy groups -OCH3 is 1. The molecule has 3 aliphatic heterocycles. The van der Waals surface area contributed by atoms with Crippen LogP contribution >= 0.6 is 27.5 Å². The van der Waals surface area contributed by atoms with E-state index in [-0.39, 0.29) is 86.2 Å². The molecule has 0 radical (unpaired) electrons. The van der Waals surface area contributed by atoms with Crippen LogP contribution in [0, 0.1) is 24.7 Å². The van der Waals surface area contributed by atoms with E-state index in [9.17, 15) is 48.3 Å². The SMILES string of the molecule is C=C(CBr)C(=O)OC(C)CCCCC(=O)C[C@H](C(=O)N[C@@H](CCCNC(N)=O)C(=O)Cc1ccc(C(=O)N(C)[C@@H](C)C(=O)O[C@H]2CC(=O)N(C)c3cc(cc(C)c3Cl)C/C(C)=C/C=C/[C@@H](OC)[C@]3(O)CC(=O)O[C@@H](C3)[C@@H](C)[C@@H]3O[C@@]23C)c2ncccc12)C(C)C. The van der Waals surface area contributed by atoms with Gasteiger partial charge in [-0.15, -0.1) is 0 Å². The van der Waals surface area contributed by atoms with Gasteiger partial charge in [0, 0.05) is 87.8 Å². The number of epoxide rings is 1. The number of primary amides is 1. The van der Waals surface area contributed by atoms with Crippen LogP contribution in [0.5, 0.6) is 0 Å². The number of amides is 5. The summed E-state index contributed by atoms with van der Waals surface area (Å²) in [4.78, 5) is 130. The molecule has 490 valence electrons. The number of carbonyl (C=O) groups excluding carboxylic acids is 9. The van der Waals surface area contributed by atoms with Crippen molar-refractivity contribution in [3.8, 4) is 0 Å². The number of alkyl halides is 1. The highest BCUT2D eigenvalue weighted by atomic mass is 79.9. The highest BCUT2D eigenvalue weighted by molar-refractivity contribution is 9.09. The lowest BCUT2D eigenvalue weighted by Crippen LogP contribution is -2.53. The maximum Gasteiger partial charge on any atom is 0.334 e. The number of allylic oxidation sites excluding steroid dienone is 3. The molecule has 21 nitrogen and oxygen atoms in total. The summed E-state index contributed by atoms with van der Waals surface area (Å²) in [6.45, 7) is 18.0. The molecule has 2 saturated heterocycles. The number of likely N-dealkylation sites (N-methyl/N-ethyl adjacent to an activating group) is 1. The average molecular weight is 1330 g/mol. The Morgan fingerprint density at radius 3 is 2.44 bits per heavy atom. The van der Waals surface area contributed by atoms with Crippen molar-refractivity contribution in [1.82, 2.24) is 20.5 Å². The molecular formula is C67H88BrClN6O15. The van der Waals surface area contributed by atoms with Gasteiger partial charge in [-0.2, -0.15) is 0 Å². The number of anilines is 1. The zero-order valence-corrected chi connectivity index (χ0v) is 55.8. The molecule has 0 aliphatic carbocycles. The van der Waals surface area contributed by atoms with Crippen molar-refractivity contribution in [3.05, 3.63) is 106 Å². The highest BCUT2D eigenvalue weighted by Gasteiger charge is 2.64. The predicted octanol–water partition coefficient (Wildman–Crippen LogP) is 8.65. The van der Waals surface area contributed by atoms with E-state index in [4.69, 9.17) is 41.0 Å². The monoisotopic (exact) mass is 1330 g/mol. The number of carbonyl (C=O) groups is 9. The van der Waals surface area contributed by atoms with Gasteiger partial charge >= 0.3 is 23.9 Å². The molecule has 1 unspecified atom stereocenters. The Kier molecular flexibility index (Phi) is 25.6. The normalized spacial score (nSPS) is 24.2. The first-order valence-corrected chi connectivity index (χ1v) is 32.1. The zero-order chi connectivity index (χ0) is 66.5. The minimum Gasteiger partial charge on any atom is -0.462 e. The third-order valence-corrected chi connectivity index (χ3v) is 18.7. The zero-order valence-electron chi connectivity index (χ0n) is 53.5. The van der Waals surface area contributed by atoms with Crippen molar-refractivity contribution >= 4 is 97.3 Å². The van der Waals surface area contributed by atoms with E-state index in [1.807, 2.05) is 45.9 Å². The molecule has 5 N–H and O–H groups in total. The van der Waals surface area contributed by atoms with Crippen molar-refractivity contribution in [3.63, 3.8) is 0 Å². The number of aliphatic hydroxyl groups is 1. The highest BCUT2D eigenvalue weighted by Crippen LogP contribution is 2.50. The third kappa shape index (κ3) is 18.4. The summed E-state index contributed by atoms with van der Waals surface area (Å²) in [6, 6.07) is 7.14. The Balaban J connectivity index is 1.21. The first-order chi connectivity index (χ1) is 42.4. The van der Waals surface area contributed by atoms with Gasteiger partial charge in [-0.3, -0.25) is 33.8 Å². The lowest BCUT2D eigenvalue weighted by Gasteiger charge is -2.41. The number of unbranched alkanes of at least 4 members (excludes halogenated alkanes) is 1. The third-order valence-electron chi connectivity index (χ3n) is 17.5. The maximum absolute atomic E-state index is 14.7. The molecule has 11 atom stereocenters. The van der Waals surface area contributed by atoms with Crippen molar-refractivity contribution in [2.45, 2.75) is 186 Å². The average Bonchev–Trinajstić information content (AvgIpc) is 1.69. The van der Waals surface area contributed by atoms with E-state index in [0.29, 0.717) is 58.2 Å². The number of aromatic nitrogens is 1. The molecule has 90 heavy (non-hydrogen) atoms. The molecule has 5 amide bonds.